The number of ether oxygens (including phenoxy) is 1. The summed E-state index contributed by atoms with van der Waals surface area (Å²) in [6, 6.07) is 13.7. The van der Waals surface area contributed by atoms with E-state index in [9.17, 15) is 9.59 Å². The third-order valence-corrected chi connectivity index (χ3v) is 3.47. The van der Waals surface area contributed by atoms with Gasteiger partial charge >= 0.3 is 5.97 Å². The molecule has 0 saturated carbocycles. The average molecular weight is 327 g/mol. The molecule has 0 aliphatic carbocycles. The largest absolute Gasteiger partial charge is 0.494 e. The highest BCUT2D eigenvalue weighted by atomic mass is 16.5. The van der Waals surface area contributed by atoms with Gasteiger partial charge in [0.05, 0.1) is 12.2 Å². The Kier molecular flexibility index (Phi) is 6.37. The van der Waals surface area contributed by atoms with Gasteiger partial charge in [-0.15, -0.1) is 0 Å². The highest BCUT2D eigenvalue weighted by Gasteiger charge is 2.07. The molecule has 0 aliphatic rings. The Bertz CT molecular complexity index is 695. The maximum Gasteiger partial charge on any atom is 0.335 e. The van der Waals surface area contributed by atoms with Crippen LogP contribution in [-0.2, 0) is 6.42 Å². The maximum absolute atomic E-state index is 12.2. The van der Waals surface area contributed by atoms with Crippen LogP contribution in [0.3, 0.4) is 0 Å². The minimum absolute atomic E-state index is 0.154. The van der Waals surface area contributed by atoms with Crippen LogP contribution < -0.4 is 10.1 Å². The lowest BCUT2D eigenvalue weighted by Crippen LogP contribution is -2.25. The normalized spacial score (nSPS) is 10.2. The fourth-order valence-corrected chi connectivity index (χ4v) is 2.18. The second-order valence-electron chi connectivity index (χ2n) is 5.38. The van der Waals surface area contributed by atoms with E-state index in [1.54, 1.807) is 42.5 Å². The molecule has 0 bridgehead atoms. The van der Waals surface area contributed by atoms with Crippen molar-refractivity contribution in [3.05, 3.63) is 65.2 Å². The molecule has 126 valence electrons. The first kappa shape index (κ1) is 17.5. The molecule has 0 fully saturated rings. The van der Waals surface area contributed by atoms with E-state index in [0.717, 1.165) is 12.0 Å². The van der Waals surface area contributed by atoms with E-state index in [2.05, 4.69) is 5.32 Å². The molecule has 0 saturated heterocycles. The number of carbonyl (C=O) groups is 2. The molecule has 0 radical (unpaired) electrons. The summed E-state index contributed by atoms with van der Waals surface area (Å²) in [6.45, 7) is 3.13. The van der Waals surface area contributed by atoms with Gasteiger partial charge in [0.15, 0.2) is 0 Å². The number of benzene rings is 2. The molecule has 0 spiro atoms. The van der Waals surface area contributed by atoms with Gasteiger partial charge in [-0.2, -0.15) is 0 Å². The highest BCUT2D eigenvalue weighted by Crippen LogP contribution is 2.13. The van der Waals surface area contributed by atoms with Gasteiger partial charge in [0.2, 0.25) is 0 Å². The van der Waals surface area contributed by atoms with Crippen LogP contribution in [0, 0.1) is 0 Å². The van der Waals surface area contributed by atoms with Crippen LogP contribution in [0.25, 0.3) is 0 Å². The Hall–Kier alpha value is -2.82. The Morgan fingerprint density at radius 2 is 1.83 bits per heavy atom. The van der Waals surface area contributed by atoms with Crippen LogP contribution in [0.15, 0.2) is 48.5 Å². The SMILES string of the molecule is CCCOc1cccc(C(=O)NCCc2ccc(C(=O)O)cc2)c1. The van der Waals surface area contributed by atoms with Crippen LogP contribution in [-0.4, -0.2) is 30.1 Å². The van der Waals surface area contributed by atoms with Gasteiger partial charge in [0, 0.05) is 12.1 Å². The van der Waals surface area contributed by atoms with Gasteiger partial charge in [-0.05, 0) is 48.7 Å². The van der Waals surface area contributed by atoms with Crippen LogP contribution in [0.5, 0.6) is 5.75 Å². The zero-order valence-corrected chi connectivity index (χ0v) is 13.6. The third kappa shape index (κ3) is 5.12. The van der Waals surface area contributed by atoms with Gasteiger partial charge < -0.3 is 15.2 Å². The van der Waals surface area contributed by atoms with Gasteiger partial charge in [-0.3, -0.25) is 4.79 Å². The molecule has 1 amide bonds. The van der Waals surface area contributed by atoms with Crippen molar-refractivity contribution >= 4 is 11.9 Å². The monoisotopic (exact) mass is 327 g/mol. The lowest BCUT2D eigenvalue weighted by Gasteiger charge is -2.08. The van der Waals surface area contributed by atoms with Crippen molar-refractivity contribution in [1.82, 2.24) is 5.32 Å². The second-order valence-corrected chi connectivity index (χ2v) is 5.38. The van der Waals surface area contributed by atoms with Crippen LogP contribution in [0.1, 0.15) is 39.6 Å². The first-order chi connectivity index (χ1) is 11.6. The summed E-state index contributed by atoms with van der Waals surface area (Å²) in [7, 11) is 0. The Balaban J connectivity index is 1.85. The van der Waals surface area contributed by atoms with Gasteiger partial charge in [-0.25, -0.2) is 4.79 Å². The third-order valence-electron chi connectivity index (χ3n) is 3.47. The lowest BCUT2D eigenvalue weighted by molar-refractivity contribution is 0.0696. The summed E-state index contributed by atoms with van der Waals surface area (Å²) in [4.78, 5) is 23.0. The molecular formula is C19H21NO4. The number of hydrogen-bond acceptors (Lipinski definition) is 3. The molecular weight excluding hydrogens is 306 g/mol. The smallest absolute Gasteiger partial charge is 0.335 e. The molecule has 2 N–H and O–H groups in total. The molecule has 24 heavy (non-hydrogen) atoms. The minimum atomic E-state index is -0.944. The molecule has 0 aliphatic heterocycles. The van der Waals surface area contributed by atoms with E-state index < -0.39 is 5.97 Å². The summed E-state index contributed by atoms with van der Waals surface area (Å²) in [5.74, 6) is -0.409. The minimum Gasteiger partial charge on any atom is -0.494 e. The number of hydrogen-bond donors (Lipinski definition) is 2. The standard InChI is InChI=1S/C19H21NO4/c1-2-12-24-17-5-3-4-16(13-17)18(21)20-11-10-14-6-8-15(9-7-14)19(22)23/h3-9,13H,2,10-12H2,1H3,(H,20,21)(H,22,23). The van der Waals surface area contributed by atoms with Gasteiger partial charge in [0.1, 0.15) is 5.75 Å². The van der Waals surface area contributed by atoms with Crippen molar-refractivity contribution in [3.63, 3.8) is 0 Å². The number of carboxylic acid groups (broad SMARTS) is 1. The number of carboxylic acids is 1. The van der Waals surface area contributed by atoms with E-state index in [-0.39, 0.29) is 11.5 Å². The highest BCUT2D eigenvalue weighted by molar-refractivity contribution is 5.94. The number of carbonyl (C=O) groups excluding carboxylic acids is 1. The van der Waals surface area contributed by atoms with E-state index in [1.165, 1.54) is 0 Å². The van der Waals surface area contributed by atoms with Gasteiger partial charge in [-0.1, -0.05) is 25.1 Å². The number of rotatable bonds is 8. The van der Waals surface area contributed by atoms with E-state index in [4.69, 9.17) is 9.84 Å². The molecule has 0 aromatic heterocycles. The van der Waals surface area contributed by atoms with E-state index >= 15 is 0 Å². The van der Waals surface area contributed by atoms with Crippen LogP contribution >= 0.6 is 0 Å². The molecule has 0 atom stereocenters. The Morgan fingerprint density at radius 1 is 1.08 bits per heavy atom. The molecule has 2 aromatic carbocycles. The maximum atomic E-state index is 12.2. The van der Waals surface area contributed by atoms with Crippen molar-refractivity contribution in [3.8, 4) is 5.75 Å². The van der Waals surface area contributed by atoms with E-state index in [0.29, 0.717) is 30.9 Å². The topological polar surface area (TPSA) is 75.6 Å². The summed E-state index contributed by atoms with van der Waals surface area (Å²) in [5.41, 5.74) is 1.79. The van der Waals surface area contributed by atoms with Crippen LogP contribution in [0.2, 0.25) is 0 Å². The molecule has 0 heterocycles. The lowest BCUT2D eigenvalue weighted by atomic mass is 10.1. The Labute approximate surface area is 141 Å². The van der Waals surface area contributed by atoms with E-state index in [1.807, 2.05) is 13.0 Å². The molecule has 2 aromatic rings. The second kappa shape index (κ2) is 8.72. The predicted octanol–water partition coefficient (Wildman–Crippen LogP) is 3.15. The predicted molar refractivity (Wildman–Crippen MR) is 91.7 cm³/mol. The number of amides is 1. The number of aromatic carboxylic acids is 1. The fourth-order valence-electron chi connectivity index (χ4n) is 2.18. The molecule has 5 nitrogen and oxygen atoms in total. The van der Waals surface area contributed by atoms with Crippen molar-refractivity contribution in [2.75, 3.05) is 13.2 Å². The first-order valence-corrected chi connectivity index (χ1v) is 7.93. The average Bonchev–Trinajstić information content (AvgIpc) is 2.60. The van der Waals surface area contributed by atoms with Crippen molar-refractivity contribution < 1.29 is 19.4 Å². The zero-order chi connectivity index (χ0) is 17.4. The van der Waals surface area contributed by atoms with Crippen LogP contribution in [0.4, 0.5) is 0 Å². The summed E-state index contributed by atoms with van der Waals surface area (Å²) in [6.07, 6.45) is 1.55. The molecule has 5 heteroatoms. The van der Waals surface area contributed by atoms with Gasteiger partial charge in [0.25, 0.3) is 5.91 Å². The fraction of sp³-hybridized carbons (Fsp3) is 0.263. The quantitative estimate of drug-likeness (QED) is 0.781. The summed E-state index contributed by atoms with van der Waals surface area (Å²) >= 11 is 0. The summed E-state index contributed by atoms with van der Waals surface area (Å²) in [5, 5.41) is 11.7. The number of nitrogens with one attached hydrogen (secondary N) is 1. The Morgan fingerprint density at radius 3 is 2.50 bits per heavy atom. The molecule has 2 rings (SSSR count). The first-order valence-electron chi connectivity index (χ1n) is 7.93. The van der Waals surface area contributed by atoms with Crippen molar-refractivity contribution in [1.29, 1.82) is 0 Å². The summed E-state index contributed by atoms with van der Waals surface area (Å²) < 4.78 is 5.52. The van der Waals surface area contributed by atoms with Crippen molar-refractivity contribution in [2.45, 2.75) is 19.8 Å². The molecule has 0 unspecified atom stereocenters. The zero-order valence-electron chi connectivity index (χ0n) is 13.6. The van der Waals surface area contributed by atoms with Crippen molar-refractivity contribution in [2.24, 2.45) is 0 Å².